The number of hydrogen-bond donors (Lipinski definition) is 0. The highest BCUT2D eigenvalue weighted by Crippen LogP contribution is 2.40. The summed E-state index contributed by atoms with van der Waals surface area (Å²) in [6, 6.07) is 1.72. The summed E-state index contributed by atoms with van der Waals surface area (Å²) < 4.78 is 82.7. The van der Waals surface area contributed by atoms with Crippen LogP contribution in [0.5, 0.6) is 11.5 Å². The Balaban J connectivity index is 3.03. The number of halogens is 8. The molecule has 0 amide bonds. The fraction of sp³-hybridized carbons (Fsp3) is 0.400. The van der Waals surface area contributed by atoms with Crippen LogP contribution in [0.2, 0.25) is 0 Å². The van der Waals surface area contributed by atoms with E-state index in [4.69, 9.17) is 0 Å². The third-order valence-electron chi connectivity index (χ3n) is 1.82. The predicted octanol–water partition coefficient (Wildman–Crippen LogP) is 5.09. The minimum Gasteiger partial charge on any atom is -0.429 e. The van der Waals surface area contributed by atoms with Gasteiger partial charge in [-0.05, 0) is 44.0 Å². The molecule has 0 spiro atoms. The van der Waals surface area contributed by atoms with Gasteiger partial charge < -0.3 is 9.47 Å². The van der Waals surface area contributed by atoms with E-state index < -0.39 is 37.1 Å². The Bertz CT molecular complexity index is 439. The minimum atomic E-state index is -4.06. The first-order valence-corrected chi connectivity index (χ1v) is 6.43. The van der Waals surface area contributed by atoms with Crippen molar-refractivity contribution in [1.29, 1.82) is 0 Å². The van der Waals surface area contributed by atoms with E-state index >= 15 is 0 Å². The van der Waals surface area contributed by atoms with E-state index in [-0.39, 0.29) is 8.95 Å². The molecule has 1 rings (SSSR count). The zero-order chi connectivity index (χ0) is 15.6. The summed E-state index contributed by atoms with van der Waals surface area (Å²) >= 11 is 5.54. The van der Waals surface area contributed by atoms with Gasteiger partial charge in [-0.15, -0.1) is 0 Å². The number of rotatable bonds is 6. The fourth-order valence-corrected chi connectivity index (χ4v) is 1.85. The van der Waals surface area contributed by atoms with Crippen molar-refractivity contribution in [1.82, 2.24) is 0 Å². The lowest BCUT2D eigenvalue weighted by Crippen LogP contribution is -2.28. The van der Waals surface area contributed by atoms with Crippen LogP contribution in [0.3, 0.4) is 0 Å². The van der Waals surface area contributed by atoms with Crippen LogP contribution in [0.25, 0.3) is 0 Å². The van der Waals surface area contributed by atoms with Gasteiger partial charge in [-0.3, -0.25) is 0 Å². The topological polar surface area (TPSA) is 18.5 Å². The van der Waals surface area contributed by atoms with Gasteiger partial charge in [-0.2, -0.15) is 17.6 Å². The summed E-state index contributed by atoms with van der Waals surface area (Å²) in [7, 11) is 0. The Kier molecular flexibility index (Phi) is 5.59. The van der Waals surface area contributed by atoms with Gasteiger partial charge in [0.25, 0.3) is 0 Å². The maximum Gasteiger partial charge on any atom is 0.427 e. The summed E-state index contributed by atoms with van der Waals surface area (Å²) in [4.78, 5) is 0. The van der Waals surface area contributed by atoms with Gasteiger partial charge >= 0.3 is 12.2 Å². The van der Waals surface area contributed by atoms with E-state index in [0.29, 0.717) is 0 Å². The van der Waals surface area contributed by atoms with Crippen molar-refractivity contribution in [2.45, 2.75) is 12.2 Å². The lowest BCUT2D eigenvalue weighted by Gasteiger charge is -2.19. The molecule has 1 aromatic carbocycles. The zero-order valence-electron chi connectivity index (χ0n) is 9.41. The first kappa shape index (κ1) is 17.4. The summed E-state index contributed by atoms with van der Waals surface area (Å²) in [5, 5.41) is 0. The lowest BCUT2D eigenvalue weighted by molar-refractivity contribution is -0.189. The predicted molar refractivity (Wildman–Crippen MR) is 64.9 cm³/mol. The molecular formula is C10H6Br2F6O2. The van der Waals surface area contributed by atoms with Crippen molar-refractivity contribution in [3.8, 4) is 11.5 Å². The molecule has 0 aliphatic carbocycles. The average Bonchev–Trinajstić information content (AvgIpc) is 2.35. The van der Waals surface area contributed by atoms with E-state index in [1.807, 2.05) is 0 Å². The monoisotopic (exact) mass is 430 g/mol. The molecule has 0 N–H and O–H groups in total. The molecule has 0 aromatic heterocycles. The molecule has 0 radical (unpaired) electrons. The van der Waals surface area contributed by atoms with E-state index in [1.165, 1.54) is 0 Å². The van der Waals surface area contributed by atoms with Crippen molar-refractivity contribution < 1.29 is 35.8 Å². The van der Waals surface area contributed by atoms with Crippen LogP contribution in [0.1, 0.15) is 0 Å². The molecular weight excluding hydrogens is 426 g/mol. The molecule has 1 aromatic rings. The summed E-state index contributed by atoms with van der Waals surface area (Å²) in [5.74, 6) is -1.01. The third-order valence-corrected chi connectivity index (χ3v) is 3.06. The van der Waals surface area contributed by atoms with Crippen molar-refractivity contribution in [3.05, 3.63) is 21.1 Å². The second-order valence-corrected chi connectivity index (χ2v) is 5.17. The molecule has 0 heterocycles. The quantitative estimate of drug-likeness (QED) is 0.584. The van der Waals surface area contributed by atoms with Gasteiger partial charge in [0.2, 0.25) is 0 Å². The van der Waals surface area contributed by atoms with Crippen LogP contribution in [-0.2, 0) is 0 Å². The number of hydrogen-bond acceptors (Lipinski definition) is 2. The van der Waals surface area contributed by atoms with Gasteiger partial charge in [0.15, 0.2) is 13.3 Å². The maximum atomic E-state index is 12.7. The Morgan fingerprint density at radius 2 is 1.10 bits per heavy atom. The average molecular weight is 432 g/mol. The maximum absolute atomic E-state index is 12.7. The second-order valence-electron chi connectivity index (χ2n) is 3.46. The van der Waals surface area contributed by atoms with Crippen LogP contribution in [0.15, 0.2) is 21.1 Å². The van der Waals surface area contributed by atoms with Crippen molar-refractivity contribution >= 4 is 31.9 Å². The SMILES string of the molecule is FCC(F)(F)Oc1cc(Br)c(OC(F)(F)CF)cc1Br. The summed E-state index contributed by atoms with van der Waals surface area (Å²) in [5.41, 5.74) is 0. The summed E-state index contributed by atoms with van der Waals surface area (Å²) in [6.07, 6.45) is -8.12. The van der Waals surface area contributed by atoms with Crippen molar-refractivity contribution in [3.63, 3.8) is 0 Å². The van der Waals surface area contributed by atoms with Gasteiger partial charge in [-0.25, -0.2) is 8.78 Å². The molecule has 0 saturated carbocycles. The molecule has 114 valence electrons. The largest absolute Gasteiger partial charge is 0.429 e. The third kappa shape index (κ3) is 4.72. The molecule has 0 saturated heterocycles. The molecule has 20 heavy (non-hydrogen) atoms. The van der Waals surface area contributed by atoms with E-state index in [1.54, 1.807) is 0 Å². The first-order chi connectivity index (χ1) is 9.10. The van der Waals surface area contributed by atoms with Gasteiger partial charge in [-0.1, -0.05) is 0 Å². The van der Waals surface area contributed by atoms with E-state index in [9.17, 15) is 26.3 Å². The molecule has 0 unspecified atom stereocenters. The molecule has 0 aliphatic rings. The smallest absolute Gasteiger partial charge is 0.427 e. The molecule has 10 heteroatoms. The van der Waals surface area contributed by atoms with Crippen LogP contribution in [0, 0.1) is 0 Å². The zero-order valence-corrected chi connectivity index (χ0v) is 12.6. The number of ether oxygens (including phenoxy) is 2. The Hall–Kier alpha value is -0.640. The lowest BCUT2D eigenvalue weighted by atomic mass is 10.3. The highest BCUT2D eigenvalue weighted by atomic mass is 79.9. The normalized spacial score (nSPS) is 12.4. The number of benzene rings is 1. The Morgan fingerprint density at radius 1 is 0.800 bits per heavy atom. The van der Waals surface area contributed by atoms with Gasteiger partial charge in [0.05, 0.1) is 8.95 Å². The van der Waals surface area contributed by atoms with Crippen LogP contribution < -0.4 is 9.47 Å². The van der Waals surface area contributed by atoms with Crippen LogP contribution in [-0.4, -0.2) is 25.6 Å². The molecule has 0 atom stereocenters. The molecule has 0 aliphatic heterocycles. The number of alkyl halides is 6. The Morgan fingerprint density at radius 3 is 1.35 bits per heavy atom. The summed E-state index contributed by atoms with van der Waals surface area (Å²) in [6.45, 7) is -4.12. The van der Waals surface area contributed by atoms with Crippen LogP contribution in [0.4, 0.5) is 26.3 Å². The molecule has 0 bridgehead atoms. The minimum absolute atomic E-state index is 0.196. The van der Waals surface area contributed by atoms with Crippen LogP contribution >= 0.6 is 31.9 Å². The first-order valence-electron chi connectivity index (χ1n) is 4.85. The standard InChI is InChI=1S/C10H6Br2F6O2/c11-5-1-7(19-9(15,16)3-13)6(12)2-8(5)20-10(17,18)4-14/h1-2H,3-4H2. The molecule has 0 fully saturated rings. The Labute approximate surface area is 126 Å². The molecule has 2 nitrogen and oxygen atoms in total. The van der Waals surface area contributed by atoms with E-state index in [2.05, 4.69) is 41.3 Å². The van der Waals surface area contributed by atoms with Crippen molar-refractivity contribution in [2.24, 2.45) is 0 Å². The fourth-order valence-electron chi connectivity index (χ4n) is 1.04. The van der Waals surface area contributed by atoms with Gasteiger partial charge in [0, 0.05) is 0 Å². The van der Waals surface area contributed by atoms with Gasteiger partial charge in [0.1, 0.15) is 11.5 Å². The second kappa shape index (κ2) is 6.42. The van der Waals surface area contributed by atoms with Crippen molar-refractivity contribution in [2.75, 3.05) is 13.3 Å². The highest BCUT2D eigenvalue weighted by molar-refractivity contribution is 9.11. The highest BCUT2D eigenvalue weighted by Gasteiger charge is 2.35. The van der Waals surface area contributed by atoms with E-state index in [0.717, 1.165) is 12.1 Å².